The molecule has 0 aliphatic rings. The fourth-order valence-electron chi connectivity index (χ4n) is 5.65. The van der Waals surface area contributed by atoms with Crippen molar-refractivity contribution in [1.29, 1.82) is 0 Å². The summed E-state index contributed by atoms with van der Waals surface area (Å²) in [5.74, 6) is 0. The predicted molar refractivity (Wildman–Crippen MR) is 209 cm³/mol. The number of nitrogens with zero attached hydrogens (tertiary/aromatic N) is 1. The van der Waals surface area contributed by atoms with E-state index in [0.29, 0.717) is 4.90 Å². The lowest BCUT2D eigenvalue weighted by atomic mass is 9.99. The smallest absolute Gasteiger partial charge is 0.159 e. The molecule has 0 bridgehead atoms. The maximum Gasteiger partial charge on any atom is 0.159 e. The fraction of sp³-hybridized carbons (Fsp3) is 0.0213. The Bertz CT molecular complexity index is 4420. The highest BCUT2D eigenvalue weighted by atomic mass is 16.3. The van der Waals surface area contributed by atoms with E-state index in [-0.39, 0.29) is 5.56 Å². The van der Waals surface area contributed by atoms with Crippen molar-refractivity contribution in [3.8, 4) is 22.3 Å². The zero-order chi connectivity index (χ0) is 57.5. The lowest BCUT2D eigenvalue weighted by molar-refractivity contribution is 0.669. The van der Waals surface area contributed by atoms with E-state index >= 15 is 0 Å². The van der Waals surface area contributed by atoms with Crippen LogP contribution in [0.25, 0.3) is 76.9 Å². The van der Waals surface area contributed by atoms with E-state index in [4.69, 9.17) is 33.5 Å². The second kappa shape index (κ2) is 11.3. The zero-order valence-electron chi connectivity index (χ0n) is 53.3. The highest BCUT2D eigenvalue weighted by Gasteiger charge is 2.24. The molecule has 3 nitrogen and oxygen atoms in total. The molecule has 0 spiro atoms. The Balaban J connectivity index is 1.53. The summed E-state index contributed by atoms with van der Waals surface area (Å²) in [6.07, 6.45) is 0. The van der Waals surface area contributed by atoms with Crippen LogP contribution in [0, 0.1) is 6.92 Å². The molecule has 2 aromatic heterocycles. The van der Waals surface area contributed by atoms with Crippen LogP contribution in [0.1, 0.15) is 43.9 Å². The van der Waals surface area contributed by atoms with Crippen LogP contribution < -0.4 is 4.90 Å². The number of furan rings is 2. The normalized spacial score (nSPS) is 19.5. The van der Waals surface area contributed by atoms with Gasteiger partial charge in [-0.3, -0.25) is 0 Å². The average molecular weight is 670 g/mol. The Labute approximate surface area is 328 Å². The summed E-state index contributed by atoms with van der Waals surface area (Å²) in [6, 6.07) is -26.2. The summed E-state index contributed by atoms with van der Waals surface area (Å²) in [5.41, 5.74) is -8.98. The van der Waals surface area contributed by atoms with Gasteiger partial charge in [0.15, 0.2) is 5.58 Å². The van der Waals surface area contributed by atoms with E-state index in [9.17, 15) is 13.7 Å². The maximum absolute atomic E-state index is 10.3. The van der Waals surface area contributed by atoms with Crippen molar-refractivity contribution >= 4 is 71.7 Å². The summed E-state index contributed by atoms with van der Waals surface area (Å²) in [5, 5.41) is -4.04. The molecular weight excluding hydrogens is 611 g/mol. The van der Waals surface area contributed by atoms with E-state index in [1.165, 1.54) is 6.92 Å². The predicted octanol–water partition coefficient (Wildman–Crippen LogP) is 13.8. The molecule has 0 aliphatic carbocycles. The van der Waals surface area contributed by atoms with Gasteiger partial charge in [-0.2, -0.15) is 0 Å². The molecule has 0 atom stereocenters. The standard InChI is InChI=1S/C47H31NO2/c1-30-21-23-31(24-22-30)32-25-27-34(28-26-32)48(42-19-10-18-39-37-14-7-8-20-44(37)49-47(39)42)43-29-41-40-17-9-16-35(33-11-3-2-4-12-33)45(40)50-46(41)38-15-6-5-13-36(38)43/h2-29H,1H3/i2D,3D,4D,5D,6D,7D,8D,9D,10D,11D,12D,13D,14D,15D,16D,17D,18D,19D,20D,21D,22D,23D,24D,25D,26D,27D,28D,29D. The van der Waals surface area contributed by atoms with Crippen molar-refractivity contribution < 1.29 is 47.2 Å². The molecule has 236 valence electrons. The SMILES string of the molecule is [2H]c1c([2H])c([2H])c(-c2c([2H])c([2H])c([2H])c3c2oc2c4c([2H])c([2H])c([2H])c([2H])c4c(N(c4c([2H])c([2H])c(-c5c([2H])c([2H])c(C)c([2H])c5[2H])c([2H])c4[2H])c4c([2H])c([2H])c([2H])c5c4oc4c([2H])c([2H])c([2H])c([2H])c45)c([2H])c23)c([2H])c1[2H]. The summed E-state index contributed by atoms with van der Waals surface area (Å²) in [4.78, 5) is 0.527. The number of para-hydroxylation sites is 3. The highest BCUT2D eigenvalue weighted by Crippen LogP contribution is 2.48. The molecule has 3 heteroatoms. The number of benzene rings is 8. The first kappa shape index (κ1) is 12.1. The first-order valence-electron chi connectivity index (χ1n) is 28.7. The van der Waals surface area contributed by atoms with Gasteiger partial charge in [-0.05, 0) is 53.8 Å². The van der Waals surface area contributed by atoms with E-state index in [1.807, 2.05) is 0 Å². The Morgan fingerprint density at radius 1 is 0.420 bits per heavy atom. The molecule has 2 heterocycles. The Morgan fingerprint density at radius 2 is 1.02 bits per heavy atom. The van der Waals surface area contributed by atoms with Crippen molar-refractivity contribution in [2.24, 2.45) is 0 Å². The van der Waals surface area contributed by atoms with Gasteiger partial charge >= 0.3 is 0 Å². The molecule has 8 aromatic carbocycles. The van der Waals surface area contributed by atoms with Crippen LogP contribution in [0.5, 0.6) is 0 Å². The number of hydrogen-bond acceptors (Lipinski definition) is 3. The summed E-state index contributed by atoms with van der Waals surface area (Å²) < 4.78 is 265. The van der Waals surface area contributed by atoms with Crippen LogP contribution in [0.2, 0.25) is 0 Å². The van der Waals surface area contributed by atoms with Crippen LogP contribution >= 0.6 is 0 Å². The lowest BCUT2D eigenvalue weighted by Crippen LogP contribution is -2.11. The molecule has 0 N–H and O–H groups in total. The minimum absolute atomic E-state index is 0.134. The molecule has 0 unspecified atom stereocenters. The molecule has 0 aliphatic heterocycles. The molecular formula is C47H31NO2. The van der Waals surface area contributed by atoms with Crippen molar-refractivity contribution in [2.75, 3.05) is 4.90 Å². The first-order chi connectivity index (χ1) is 36.4. The van der Waals surface area contributed by atoms with E-state index in [0.717, 1.165) is 0 Å². The minimum atomic E-state index is -1.19. The second-order valence-electron chi connectivity index (χ2n) is 10.8. The van der Waals surface area contributed by atoms with Crippen LogP contribution in [-0.4, -0.2) is 0 Å². The number of rotatable bonds is 5. The zero-order valence-corrected chi connectivity index (χ0v) is 25.3. The van der Waals surface area contributed by atoms with Gasteiger partial charge in [0.05, 0.1) is 49.8 Å². The van der Waals surface area contributed by atoms with Gasteiger partial charge in [0.1, 0.15) is 16.7 Å². The molecule has 50 heavy (non-hydrogen) atoms. The summed E-state index contributed by atoms with van der Waals surface area (Å²) >= 11 is 0. The number of hydrogen-bond donors (Lipinski definition) is 0. The Kier molecular flexibility index (Phi) is 2.72. The number of fused-ring (bicyclic) bond motifs is 8. The largest absolute Gasteiger partial charge is 0.455 e. The third-order valence-electron chi connectivity index (χ3n) is 7.86. The molecule has 0 radical (unpaired) electrons. The van der Waals surface area contributed by atoms with Crippen LogP contribution in [0.4, 0.5) is 17.1 Å². The van der Waals surface area contributed by atoms with Gasteiger partial charge in [-0.25, -0.2) is 0 Å². The fourth-order valence-corrected chi connectivity index (χ4v) is 5.65. The topological polar surface area (TPSA) is 29.5 Å². The summed E-state index contributed by atoms with van der Waals surface area (Å²) in [6.45, 7) is 1.28. The summed E-state index contributed by atoms with van der Waals surface area (Å²) in [7, 11) is 0. The maximum atomic E-state index is 10.3. The van der Waals surface area contributed by atoms with E-state index in [1.54, 1.807) is 0 Å². The van der Waals surface area contributed by atoms with Crippen LogP contribution in [-0.2, 0) is 0 Å². The third kappa shape index (κ3) is 4.44. The van der Waals surface area contributed by atoms with Gasteiger partial charge in [0.2, 0.25) is 0 Å². The molecule has 10 rings (SSSR count). The highest BCUT2D eigenvalue weighted by molar-refractivity contribution is 6.22. The Morgan fingerprint density at radius 3 is 1.80 bits per heavy atom. The monoisotopic (exact) mass is 669 g/mol. The van der Waals surface area contributed by atoms with E-state index in [2.05, 4.69) is 0 Å². The quantitative estimate of drug-likeness (QED) is 0.183. The van der Waals surface area contributed by atoms with Crippen LogP contribution in [0.15, 0.2) is 178 Å². The molecule has 10 aromatic rings. The van der Waals surface area contributed by atoms with Crippen LogP contribution in [0.3, 0.4) is 0 Å². The van der Waals surface area contributed by atoms with Gasteiger partial charge in [0.25, 0.3) is 0 Å². The van der Waals surface area contributed by atoms with Gasteiger partial charge < -0.3 is 13.7 Å². The second-order valence-corrected chi connectivity index (χ2v) is 10.8. The lowest BCUT2D eigenvalue weighted by Gasteiger charge is -2.27. The van der Waals surface area contributed by atoms with Crippen molar-refractivity contribution in [3.63, 3.8) is 0 Å². The van der Waals surface area contributed by atoms with Gasteiger partial charge in [0, 0.05) is 43.6 Å². The van der Waals surface area contributed by atoms with Gasteiger partial charge in [-0.15, -0.1) is 0 Å². The molecule has 0 fully saturated rings. The molecule has 0 saturated heterocycles. The Hall–Kier alpha value is -6.58. The van der Waals surface area contributed by atoms with Crippen molar-refractivity contribution in [2.45, 2.75) is 6.92 Å². The van der Waals surface area contributed by atoms with Crippen molar-refractivity contribution in [3.05, 3.63) is 175 Å². The third-order valence-corrected chi connectivity index (χ3v) is 7.86. The molecule has 0 saturated carbocycles. The van der Waals surface area contributed by atoms with Crippen molar-refractivity contribution in [1.82, 2.24) is 0 Å². The first-order valence-corrected chi connectivity index (χ1v) is 14.7. The molecule has 0 amide bonds. The average Bonchev–Trinajstić information content (AvgIpc) is 4.16. The minimum Gasteiger partial charge on any atom is -0.455 e. The van der Waals surface area contributed by atoms with E-state index < -0.39 is 263 Å². The van der Waals surface area contributed by atoms with Gasteiger partial charge in [-0.1, -0.05) is 145 Å². The number of anilines is 3.